The van der Waals surface area contributed by atoms with E-state index in [1.165, 1.54) is 0 Å². The van der Waals surface area contributed by atoms with Crippen LogP contribution in [-0.4, -0.2) is 34.5 Å². The summed E-state index contributed by atoms with van der Waals surface area (Å²) in [5.74, 6) is 3.70. The largest absolute Gasteiger partial charge is 0.490 e. The first kappa shape index (κ1) is 21.6. The highest BCUT2D eigenvalue weighted by atomic mass is 16.5. The zero-order valence-corrected chi connectivity index (χ0v) is 19.5. The molecule has 1 aromatic carbocycles. The number of Topliss-reactive ketones (excluding diaryl/α,β-unsaturated/α-hetero) is 1. The number of hydrogen-bond acceptors (Lipinski definition) is 4. The van der Waals surface area contributed by atoms with E-state index >= 15 is 0 Å². The molecule has 2 N–H and O–H groups in total. The maximum Gasteiger partial charge on any atom is 0.251 e. The molecule has 6 aliphatic carbocycles. The molecular formula is C28H37NO4. The van der Waals surface area contributed by atoms with Crippen molar-refractivity contribution in [1.29, 1.82) is 0 Å². The molecule has 33 heavy (non-hydrogen) atoms. The van der Waals surface area contributed by atoms with E-state index in [0.29, 0.717) is 40.9 Å². The van der Waals surface area contributed by atoms with Gasteiger partial charge in [0.2, 0.25) is 0 Å². The summed E-state index contributed by atoms with van der Waals surface area (Å²) in [5, 5.41) is 14.1. The van der Waals surface area contributed by atoms with Crippen LogP contribution in [0.15, 0.2) is 24.3 Å². The highest BCUT2D eigenvalue weighted by Gasteiger charge is 2.55. The average Bonchev–Trinajstić information content (AvgIpc) is 3.62. The summed E-state index contributed by atoms with van der Waals surface area (Å²) in [7, 11) is 0. The Morgan fingerprint density at radius 2 is 1.61 bits per heavy atom. The van der Waals surface area contributed by atoms with Crippen LogP contribution >= 0.6 is 0 Å². The lowest BCUT2D eigenvalue weighted by molar-refractivity contribution is -0.136. The molecule has 0 aliphatic heterocycles. The minimum absolute atomic E-state index is 0.00755. The molecule has 2 unspecified atom stereocenters. The lowest BCUT2D eigenvalue weighted by atomic mass is 9.52. The van der Waals surface area contributed by atoms with Gasteiger partial charge in [-0.1, -0.05) is 0 Å². The van der Waals surface area contributed by atoms with E-state index in [1.54, 1.807) is 0 Å². The molecule has 178 valence electrons. The van der Waals surface area contributed by atoms with Gasteiger partial charge in [-0.2, -0.15) is 0 Å². The highest BCUT2D eigenvalue weighted by Crippen LogP contribution is 2.55. The van der Waals surface area contributed by atoms with E-state index in [1.807, 2.05) is 24.3 Å². The Hall–Kier alpha value is -1.88. The third-order valence-corrected chi connectivity index (χ3v) is 9.27. The molecule has 0 heterocycles. The van der Waals surface area contributed by atoms with E-state index in [9.17, 15) is 14.7 Å². The SMILES string of the molecule is O=C(NC1C2CC3CC1CC(O)(C3)C2)c1ccc(OC2CCC(CC(=O)C3CC3)CC2)cc1. The van der Waals surface area contributed by atoms with Gasteiger partial charge >= 0.3 is 0 Å². The first-order valence-corrected chi connectivity index (χ1v) is 13.3. The summed E-state index contributed by atoms with van der Waals surface area (Å²) < 4.78 is 6.20. The van der Waals surface area contributed by atoms with Crippen LogP contribution in [0, 0.1) is 29.6 Å². The van der Waals surface area contributed by atoms with Gasteiger partial charge in [-0.15, -0.1) is 0 Å². The predicted molar refractivity (Wildman–Crippen MR) is 125 cm³/mol. The molecule has 6 saturated carbocycles. The Balaban J connectivity index is 0.993. The van der Waals surface area contributed by atoms with Crippen LogP contribution in [0.2, 0.25) is 0 Å². The fourth-order valence-corrected chi connectivity index (χ4v) is 7.64. The molecule has 2 atom stereocenters. The van der Waals surface area contributed by atoms with Crippen molar-refractivity contribution in [3.63, 3.8) is 0 Å². The fourth-order valence-electron chi connectivity index (χ4n) is 7.64. The summed E-state index contributed by atoms with van der Waals surface area (Å²) in [4.78, 5) is 25.0. The average molecular weight is 452 g/mol. The van der Waals surface area contributed by atoms with Crippen LogP contribution < -0.4 is 10.1 Å². The zero-order chi connectivity index (χ0) is 22.6. The molecule has 6 fully saturated rings. The Kier molecular flexibility index (Phi) is 5.51. The number of aliphatic hydroxyl groups is 1. The van der Waals surface area contributed by atoms with Gasteiger partial charge in [0.1, 0.15) is 11.5 Å². The Morgan fingerprint density at radius 1 is 0.939 bits per heavy atom. The van der Waals surface area contributed by atoms with Crippen molar-refractivity contribution < 1.29 is 19.4 Å². The van der Waals surface area contributed by atoms with Crippen molar-refractivity contribution in [3.8, 4) is 5.75 Å². The minimum Gasteiger partial charge on any atom is -0.490 e. The summed E-state index contributed by atoms with van der Waals surface area (Å²) in [6, 6.07) is 7.77. The smallest absolute Gasteiger partial charge is 0.251 e. The Labute approximate surface area is 196 Å². The first-order chi connectivity index (χ1) is 15.9. The summed E-state index contributed by atoms with van der Waals surface area (Å²) >= 11 is 0. The van der Waals surface area contributed by atoms with Crippen LogP contribution in [0.1, 0.15) is 87.4 Å². The summed E-state index contributed by atoms with van der Waals surface area (Å²) in [6.07, 6.45) is 12.3. The number of carbonyl (C=O) groups is 2. The standard InChI is InChI=1S/C28H37NO4/c30-25(19-3-4-19)13-17-1-7-23(8-2-17)33-24-9-5-20(6-10-24)27(31)29-26-21-11-18-12-22(26)16-28(32,14-18)15-21/h5-6,9-10,17-19,21-23,26,32H,1-4,7-8,11-16H2,(H,29,31). The fraction of sp³-hybridized carbons (Fsp3) is 0.714. The van der Waals surface area contributed by atoms with Crippen molar-refractivity contribution in [3.05, 3.63) is 29.8 Å². The topological polar surface area (TPSA) is 75.6 Å². The highest BCUT2D eigenvalue weighted by molar-refractivity contribution is 5.94. The van der Waals surface area contributed by atoms with Gasteiger partial charge in [0, 0.05) is 23.9 Å². The molecule has 1 aromatic rings. The number of nitrogens with one attached hydrogen (secondary N) is 1. The summed E-state index contributed by atoms with van der Waals surface area (Å²) in [6.45, 7) is 0. The Bertz CT molecular complexity index is 883. The van der Waals surface area contributed by atoms with Crippen molar-refractivity contribution in [2.75, 3.05) is 0 Å². The molecule has 0 spiro atoms. The van der Waals surface area contributed by atoms with E-state index in [2.05, 4.69) is 5.32 Å². The molecule has 0 radical (unpaired) electrons. The number of hydrogen-bond donors (Lipinski definition) is 2. The van der Waals surface area contributed by atoms with Crippen LogP contribution in [0.3, 0.4) is 0 Å². The van der Waals surface area contributed by atoms with Crippen molar-refractivity contribution in [1.82, 2.24) is 5.32 Å². The molecule has 5 nitrogen and oxygen atoms in total. The van der Waals surface area contributed by atoms with Gasteiger partial charge in [-0.3, -0.25) is 9.59 Å². The van der Waals surface area contributed by atoms with Crippen LogP contribution in [0.4, 0.5) is 0 Å². The quantitative estimate of drug-likeness (QED) is 0.632. The summed E-state index contributed by atoms with van der Waals surface area (Å²) in [5.41, 5.74) is 0.208. The second-order valence-corrected chi connectivity index (χ2v) is 11.9. The Morgan fingerprint density at radius 3 is 2.21 bits per heavy atom. The van der Waals surface area contributed by atoms with Crippen molar-refractivity contribution >= 4 is 11.7 Å². The van der Waals surface area contributed by atoms with Crippen LogP contribution in [0.5, 0.6) is 5.75 Å². The third-order valence-electron chi connectivity index (χ3n) is 9.27. The number of amides is 1. The number of rotatable bonds is 7. The van der Waals surface area contributed by atoms with E-state index < -0.39 is 5.60 Å². The number of ketones is 1. The number of ether oxygens (including phenoxy) is 1. The predicted octanol–water partition coefficient (Wildman–Crippen LogP) is 4.66. The van der Waals surface area contributed by atoms with Gasteiger partial charge in [0.25, 0.3) is 5.91 Å². The molecule has 1 amide bonds. The maximum atomic E-state index is 13.0. The maximum absolute atomic E-state index is 13.0. The van der Waals surface area contributed by atoms with E-state index in [4.69, 9.17) is 4.74 Å². The molecule has 5 heteroatoms. The third kappa shape index (κ3) is 4.58. The lowest BCUT2D eigenvalue weighted by Crippen LogP contribution is -2.61. The van der Waals surface area contributed by atoms with Crippen molar-refractivity contribution in [2.24, 2.45) is 29.6 Å². The van der Waals surface area contributed by atoms with E-state index in [-0.39, 0.29) is 18.1 Å². The molecule has 0 saturated heterocycles. The monoisotopic (exact) mass is 451 g/mol. The van der Waals surface area contributed by atoms with Crippen LogP contribution in [0.25, 0.3) is 0 Å². The number of benzene rings is 1. The van der Waals surface area contributed by atoms with Gasteiger partial charge in [-0.05, 0) is 119 Å². The van der Waals surface area contributed by atoms with Crippen molar-refractivity contribution in [2.45, 2.75) is 94.8 Å². The van der Waals surface area contributed by atoms with Gasteiger partial charge in [0.05, 0.1) is 11.7 Å². The lowest BCUT2D eigenvalue weighted by Gasteiger charge is -2.58. The molecule has 4 bridgehead atoms. The van der Waals surface area contributed by atoms with Crippen LogP contribution in [-0.2, 0) is 4.79 Å². The molecule has 7 rings (SSSR count). The van der Waals surface area contributed by atoms with E-state index in [0.717, 1.165) is 82.8 Å². The van der Waals surface area contributed by atoms with Gasteiger partial charge in [0.15, 0.2) is 0 Å². The zero-order valence-electron chi connectivity index (χ0n) is 19.5. The number of carbonyl (C=O) groups excluding carboxylic acids is 2. The molecule has 6 aliphatic rings. The minimum atomic E-state index is -0.470. The van der Waals surface area contributed by atoms with Gasteiger partial charge in [-0.25, -0.2) is 0 Å². The second kappa shape index (κ2) is 8.41. The second-order valence-electron chi connectivity index (χ2n) is 11.9. The molecule has 0 aromatic heterocycles. The normalized spacial score (nSPS) is 39.3. The van der Waals surface area contributed by atoms with Gasteiger partial charge < -0.3 is 15.2 Å². The first-order valence-electron chi connectivity index (χ1n) is 13.3. The molecular weight excluding hydrogens is 414 g/mol.